The highest BCUT2D eigenvalue weighted by atomic mass is 32.2. The Balaban J connectivity index is 1.57. The van der Waals surface area contributed by atoms with Crippen LogP contribution in [0.2, 0.25) is 0 Å². The molecule has 172 valence electrons. The predicted molar refractivity (Wildman–Crippen MR) is 128 cm³/mol. The van der Waals surface area contributed by atoms with Crippen molar-refractivity contribution in [3.8, 4) is 6.07 Å². The Morgan fingerprint density at radius 2 is 1.97 bits per heavy atom. The van der Waals surface area contributed by atoms with Crippen LogP contribution in [0.25, 0.3) is 0 Å². The van der Waals surface area contributed by atoms with Crippen LogP contribution >= 0.6 is 23.1 Å². The second kappa shape index (κ2) is 9.96. The van der Waals surface area contributed by atoms with Gasteiger partial charge < -0.3 is 10.6 Å². The maximum atomic E-state index is 13.3. The summed E-state index contributed by atoms with van der Waals surface area (Å²) < 4.78 is 0. The van der Waals surface area contributed by atoms with Crippen LogP contribution < -0.4 is 10.6 Å². The van der Waals surface area contributed by atoms with Crippen molar-refractivity contribution < 1.29 is 9.59 Å². The highest BCUT2D eigenvalue weighted by Crippen LogP contribution is 2.57. The first-order valence-electron chi connectivity index (χ1n) is 11.8. The van der Waals surface area contributed by atoms with Gasteiger partial charge in [-0.25, -0.2) is 4.98 Å². The van der Waals surface area contributed by atoms with E-state index in [9.17, 15) is 14.9 Å². The first-order chi connectivity index (χ1) is 15.4. The molecule has 8 heteroatoms. The van der Waals surface area contributed by atoms with Crippen LogP contribution in [0, 0.1) is 23.7 Å². The number of thioether (sulfide) groups is 1. The minimum atomic E-state index is -0.513. The van der Waals surface area contributed by atoms with Gasteiger partial charge in [-0.2, -0.15) is 5.26 Å². The van der Waals surface area contributed by atoms with Gasteiger partial charge in [0.25, 0.3) is 0 Å². The van der Waals surface area contributed by atoms with Crippen molar-refractivity contribution in [2.75, 3.05) is 0 Å². The molecular weight excluding hydrogens is 440 g/mol. The van der Waals surface area contributed by atoms with Crippen LogP contribution in [0.3, 0.4) is 0 Å². The van der Waals surface area contributed by atoms with Gasteiger partial charge in [0.15, 0.2) is 0 Å². The number of aryl methyl sites for hydroxylation is 1. The molecule has 1 spiro atoms. The van der Waals surface area contributed by atoms with Crippen molar-refractivity contribution in [3.05, 3.63) is 26.7 Å². The summed E-state index contributed by atoms with van der Waals surface area (Å²) in [4.78, 5) is 30.9. The first-order valence-corrected chi connectivity index (χ1v) is 13.6. The third-order valence-electron chi connectivity index (χ3n) is 7.13. The number of allylic oxidation sites excluding steroid dienone is 1. The summed E-state index contributed by atoms with van der Waals surface area (Å²) in [5.74, 6) is -0.545. The van der Waals surface area contributed by atoms with Gasteiger partial charge >= 0.3 is 0 Å². The molecule has 0 saturated heterocycles. The zero-order valence-corrected chi connectivity index (χ0v) is 20.5. The number of hydrogen-bond acceptors (Lipinski definition) is 6. The number of carbonyl (C=O) groups is 2. The van der Waals surface area contributed by atoms with E-state index in [0.29, 0.717) is 10.6 Å². The van der Waals surface area contributed by atoms with E-state index in [1.807, 2.05) is 19.2 Å². The second-order valence-corrected chi connectivity index (χ2v) is 11.6. The molecule has 2 aliphatic carbocycles. The van der Waals surface area contributed by atoms with Gasteiger partial charge in [0, 0.05) is 22.5 Å². The summed E-state index contributed by atoms with van der Waals surface area (Å²) in [6, 6.07) is 2.67. The average Bonchev–Trinajstić information content (AvgIpc) is 3.32. The molecule has 1 aromatic rings. The fourth-order valence-corrected chi connectivity index (χ4v) is 7.55. The molecule has 4 rings (SSSR count). The Bertz CT molecular complexity index is 934. The Morgan fingerprint density at radius 3 is 2.56 bits per heavy atom. The number of nitrogens with zero attached hydrogens (tertiary/aromatic N) is 2. The molecule has 0 radical (unpaired) electrons. The van der Waals surface area contributed by atoms with Crippen LogP contribution in [0.5, 0.6) is 0 Å². The number of carbonyl (C=O) groups excluding carboxylic acids is 2. The minimum Gasteiger partial charge on any atom is -0.352 e. The van der Waals surface area contributed by atoms with Crippen molar-refractivity contribution in [3.63, 3.8) is 0 Å². The smallest absolute Gasteiger partial charge is 0.235 e. The standard InChI is InChI=1S/C24H32N4O2S2/c1-15-14-31-23(26-15)19-21(30)28-22(18(13-25)24(19)11-7-8-12-24)32-16(2)20(29)27-17-9-5-3-4-6-10-17/h14,16-17,19H,3-12H2,1-2H3,(H,27,29)(H,28,30)/t16-,19-/m0/s1. The summed E-state index contributed by atoms with van der Waals surface area (Å²) in [5.41, 5.74) is 1.02. The molecule has 0 bridgehead atoms. The van der Waals surface area contributed by atoms with E-state index in [4.69, 9.17) is 0 Å². The van der Waals surface area contributed by atoms with E-state index in [1.54, 1.807) is 0 Å². The summed E-state index contributed by atoms with van der Waals surface area (Å²) in [6.07, 6.45) is 10.5. The van der Waals surface area contributed by atoms with Crippen LogP contribution in [0.4, 0.5) is 0 Å². The highest BCUT2D eigenvalue weighted by molar-refractivity contribution is 8.04. The molecule has 2 fully saturated rings. The number of nitrogens with one attached hydrogen (secondary N) is 2. The Labute approximate surface area is 198 Å². The molecule has 2 N–H and O–H groups in total. The quantitative estimate of drug-likeness (QED) is 0.593. The first kappa shape index (κ1) is 23.3. The van der Waals surface area contributed by atoms with Crippen molar-refractivity contribution in [1.82, 2.24) is 15.6 Å². The van der Waals surface area contributed by atoms with Gasteiger partial charge in [-0.15, -0.1) is 11.3 Å². The molecule has 2 saturated carbocycles. The van der Waals surface area contributed by atoms with E-state index >= 15 is 0 Å². The maximum absolute atomic E-state index is 13.3. The molecule has 6 nitrogen and oxygen atoms in total. The van der Waals surface area contributed by atoms with Gasteiger partial charge in [0.05, 0.1) is 21.9 Å². The van der Waals surface area contributed by atoms with Crippen LogP contribution in [0.1, 0.15) is 87.8 Å². The lowest BCUT2D eigenvalue weighted by Crippen LogP contribution is -2.46. The van der Waals surface area contributed by atoms with Gasteiger partial charge in [-0.3, -0.25) is 9.59 Å². The van der Waals surface area contributed by atoms with Crippen molar-refractivity contribution in [2.45, 2.75) is 95.3 Å². The normalized spacial score (nSPS) is 24.7. The maximum Gasteiger partial charge on any atom is 0.235 e. The van der Waals surface area contributed by atoms with Crippen LogP contribution in [0.15, 0.2) is 16.0 Å². The Kier molecular flexibility index (Phi) is 7.26. The molecule has 1 aromatic heterocycles. The van der Waals surface area contributed by atoms with E-state index < -0.39 is 11.3 Å². The highest BCUT2D eigenvalue weighted by Gasteiger charge is 2.54. The number of amides is 2. The van der Waals surface area contributed by atoms with Crippen LogP contribution in [-0.2, 0) is 9.59 Å². The number of thiazole rings is 1. The second-order valence-electron chi connectivity index (χ2n) is 9.39. The lowest BCUT2D eigenvalue weighted by atomic mass is 9.67. The molecule has 32 heavy (non-hydrogen) atoms. The Morgan fingerprint density at radius 1 is 1.28 bits per heavy atom. The topological polar surface area (TPSA) is 94.9 Å². The van der Waals surface area contributed by atoms with Crippen molar-refractivity contribution in [1.29, 1.82) is 5.26 Å². The fraction of sp³-hybridized carbons (Fsp3) is 0.667. The summed E-state index contributed by atoms with van der Waals surface area (Å²) in [6.45, 7) is 3.79. The molecule has 1 aliphatic heterocycles. The average molecular weight is 473 g/mol. The summed E-state index contributed by atoms with van der Waals surface area (Å²) in [5, 5.41) is 19.3. The Hall–Kier alpha value is -1.85. The zero-order valence-electron chi connectivity index (χ0n) is 18.9. The van der Waals surface area contributed by atoms with E-state index in [-0.39, 0.29) is 23.1 Å². The number of rotatable bonds is 5. The molecule has 0 aromatic carbocycles. The molecule has 2 amide bonds. The van der Waals surface area contributed by atoms with Gasteiger partial charge in [-0.1, -0.05) is 50.3 Å². The van der Waals surface area contributed by atoms with Gasteiger partial charge in [0.1, 0.15) is 10.9 Å². The van der Waals surface area contributed by atoms with Crippen molar-refractivity contribution in [2.24, 2.45) is 5.41 Å². The summed E-state index contributed by atoms with van der Waals surface area (Å²) in [7, 11) is 0. The molecule has 3 aliphatic rings. The molecule has 2 heterocycles. The van der Waals surface area contributed by atoms with E-state index in [1.165, 1.54) is 35.9 Å². The van der Waals surface area contributed by atoms with E-state index in [2.05, 4.69) is 21.7 Å². The number of nitriles is 1. The lowest BCUT2D eigenvalue weighted by Gasteiger charge is -2.40. The third-order valence-corrected chi connectivity index (χ3v) is 9.27. The largest absolute Gasteiger partial charge is 0.352 e. The fourth-order valence-electron chi connectivity index (χ4n) is 5.49. The minimum absolute atomic E-state index is 0.0147. The lowest BCUT2D eigenvalue weighted by molar-refractivity contribution is -0.125. The molecule has 0 unspecified atom stereocenters. The predicted octanol–water partition coefficient (Wildman–Crippen LogP) is 4.92. The monoisotopic (exact) mass is 472 g/mol. The van der Waals surface area contributed by atoms with Crippen LogP contribution in [-0.4, -0.2) is 28.1 Å². The molecule has 2 atom stereocenters. The SMILES string of the molecule is Cc1csc([C@@H]2C(=O)NC(S[C@@H](C)C(=O)NC3CCCCCC3)=C(C#N)C23CCCC3)n1. The van der Waals surface area contributed by atoms with E-state index in [0.717, 1.165) is 62.1 Å². The zero-order chi connectivity index (χ0) is 22.7. The van der Waals surface area contributed by atoms with Gasteiger partial charge in [0.2, 0.25) is 11.8 Å². The summed E-state index contributed by atoms with van der Waals surface area (Å²) >= 11 is 2.82. The number of aromatic nitrogens is 1. The molecular formula is C24H32N4O2S2. The van der Waals surface area contributed by atoms with Crippen molar-refractivity contribution >= 4 is 34.9 Å². The van der Waals surface area contributed by atoms with Gasteiger partial charge in [-0.05, 0) is 39.5 Å². The third kappa shape index (κ3) is 4.60. The number of hydrogen-bond donors (Lipinski definition) is 2.